The van der Waals surface area contributed by atoms with E-state index in [0.717, 1.165) is 30.9 Å². The van der Waals surface area contributed by atoms with Crippen LogP contribution in [-0.2, 0) is 13.0 Å². The van der Waals surface area contributed by atoms with Gasteiger partial charge in [0.1, 0.15) is 18.0 Å². The zero-order valence-electron chi connectivity index (χ0n) is 12.9. The lowest BCUT2D eigenvalue weighted by Crippen LogP contribution is -2.29. The van der Waals surface area contributed by atoms with Crippen molar-refractivity contribution < 1.29 is 4.39 Å². The minimum atomic E-state index is -0.203. The summed E-state index contributed by atoms with van der Waals surface area (Å²) in [6, 6.07) is 7.16. The highest BCUT2D eigenvalue weighted by atomic mass is 19.1. The molecular weight excluding hydrogens is 267 g/mol. The van der Waals surface area contributed by atoms with Crippen molar-refractivity contribution in [3.05, 3.63) is 47.8 Å². The molecule has 1 N–H and O–H groups in total. The molecule has 21 heavy (non-hydrogen) atoms. The summed E-state index contributed by atoms with van der Waals surface area (Å²) >= 11 is 0. The van der Waals surface area contributed by atoms with Gasteiger partial charge < -0.3 is 5.32 Å². The van der Waals surface area contributed by atoms with Gasteiger partial charge in [-0.3, -0.25) is 4.68 Å². The molecule has 0 spiro atoms. The van der Waals surface area contributed by atoms with Crippen molar-refractivity contribution in [1.82, 2.24) is 20.1 Å². The molecule has 0 aliphatic heterocycles. The summed E-state index contributed by atoms with van der Waals surface area (Å²) in [7, 11) is 0. The average Bonchev–Trinajstić information content (AvgIpc) is 2.91. The zero-order chi connectivity index (χ0) is 15.2. The third-order valence-corrected chi connectivity index (χ3v) is 3.54. The number of hydrogen-bond acceptors (Lipinski definition) is 3. The number of nitrogens with one attached hydrogen (secondary N) is 1. The predicted octanol–water partition coefficient (Wildman–Crippen LogP) is 2.76. The maximum absolute atomic E-state index is 13.1. The number of hydrogen-bond donors (Lipinski definition) is 1. The van der Waals surface area contributed by atoms with Gasteiger partial charge in [0.2, 0.25) is 0 Å². The second-order valence-electron chi connectivity index (χ2n) is 5.51. The van der Waals surface area contributed by atoms with Crippen molar-refractivity contribution in [2.75, 3.05) is 6.54 Å². The summed E-state index contributed by atoms with van der Waals surface area (Å²) in [6.07, 6.45) is 2.38. The molecule has 0 aliphatic carbocycles. The smallest absolute Gasteiger partial charge is 0.138 e. The number of aromatic nitrogens is 3. The summed E-state index contributed by atoms with van der Waals surface area (Å²) in [4.78, 5) is 4.35. The fraction of sp³-hybridized carbons (Fsp3) is 0.500. The molecule has 114 valence electrons. The standard InChI is InChI=1S/C16H23FN4/c1-4-21-16(19-11-20-21)9-14(10-18-12(2)3)13-5-7-15(17)8-6-13/h5-8,11-12,14,18H,4,9-10H2,1-3H3. The Morgan fingerprint density at radius 2 is 1.95 bits per heavy atom. The first-order valence-electron chi connectivity index (χ1n) is 7.45. The summed E-state index contributed by atoms with van der Waals surface area (Å²) in [6.45, 7) is 7.94. The molecule has 0 aliphatic rings. The minimum absolute atomic E-state index is 0.203. The lowest BCUT2D eigenvalue weighted by atomic mass is 9.95. The number of aryl methyl sites for hydroxylation is 1. The monoisotopic (exact) mass is 290 g/mol. The van der Waals surface area contributed by atoms with Crippen LogP contribution in [-0.4, -0.2) is 27.4 Å². The molecule has 2 aromatic rings. The van der Waals surface area contributed by atoms with Crippen LogP contribution < -0.4 is 5.32 Å². The molecule has 5 heteroatoms. The largest absolute Gasteiger partial charge is 0.314 e. The van der Waals surface area contributed by atoms with Crippen LogP contribution in [0.3, 0.4) is 0 Å². The van der Waals surface area contributed by atoms with Gasteiger partial charge in [0.25, 0.3) is 0 Å². The molecule has 0 radical (unpaired) electrons. The van der Waals surface area contributed by atoms with Gasteiger partial charge >= 0.3 is 0 Å². The average molecular weight is 290 g/mol. The second kappa shape index (κ2) is 7.31. The topological polar surface area (TPSA) is 42.7 Å². The molecule has 0 saturated heterocycles. The lowest BCUT2D eigenvalue weighted by molar-refractivity contribution is 0.504. The Kier molecular flexibility index (Phi) is 5.44. The fourth-order valence-corrected chi connectivity index (χ4v) is 2.35. The van der Waals surface area contributed by atoms with Crippen molar-refractivity contribution in [2.45, 2.75) is 45.7 Å². The Bertz CT molecular complexity index is 548. The van der Waals surface area contributed by atoms with Gasteiger partial charge in [-0.1, -0.05) is 26.0 Å². The van der Waals surface area contributed by atoms with Gasteiger partial charge in [0.05, 0.1) is 0 Å². The molecule has 1 heterocycles. The van der Waals surface area contributed by atoms with E-state index in [0.29, 0.717) is 6.04 Å². The van der Waals surface area contributed by atoms with Crippen LogP contribution in [0.1, 0.15) is 38.1 Å². The van der Waals surface area contributed by atoms with Crippen LogP contribution in [0.2, 0.25) is 0 Å². The zero-order valence-corrected chi connectivity index (χ0v) is 12.9. The molecular formula is C16H23FN4. The van der Waals surface area contributed by atoms with E-state index in [2.05, 4.69) is 36.2 Å². The molecule has 1 atom stereocenters. The maximum Gasteiger partial charge on any atom is 0.138 e. The molecule has 0 bridgehead atoms. The maximum atomic E-state index is 13.1. The van der Waals surface area contributed by atoms with E-state index in [1.165, 1.54) is 12.1 Å². The minimum Gasteiger partial charge on any atom is -0.314 e. The number of halogens is 1. The molecule has 0 fully saturated rings. The Hall–Kier alpha value is -1.75. The highest BCUT2D eigenvalue weighted by Crippen LogP contribution is 2.20. The van der Waals surface area contributed by atoms with E-state index in [-0.39, 0.29) is 11.7 Å². The van der Waals surface area contributed by atoms with Gasteiger partial charge in [-0.15, -0.1) is 0 Å². The van der Waals surface area contributed by atoms with Gasteiger partial charge in [0.15, 0.2) is 0 Å². The summed E-state index contributed by atoms with van der Waals surface area (Å²) in [5.74, 6) is 1.02. The van der Waals surface area contributed by atoms with E-state index < -0.39 is 0 Å². The number of nitrogens with zero attached hydrogens (tertiary/aromatic N) is 3. The second-order valence-corrected chi connectivity index (χ2v) is 5.51. The van der Waals surface area contributed by atoms with E-state index in [1.807, 2.05) is 16.8 Å². The van der Waals surface area contributed by atoms with E-state index >= 15 is 0 Å². The number of rotatable bonds is 7. The molecule has 4 nitrogen and oxygen atoms in total. The number of benzene rings is 1. The van der Waals surface area contributed by atoms with Gasteiger partial charge in [-0.2, -0.15) is 5.10 Å². The quantitative estimate of drug-likeness (QED) is 0.852. The molecule has 1 aromatic heterocycles. The molecule has 2 rings (SSSR count). The van der Waals surface area contributed by atoms with Crippen molar-refractivity contribution in [1.29, 1.82) is 0 Å². The van der Waals surface area contributed by atoms with Gasteiger partial charge in [0, 0.05) is 31.5 Å². The van der Waals surface area contributed by atoms with Crippen LogP contribution in [0.4, 0.5) is 4.39 Å². The molecule has 1 unspecified atom stereocenters. The third-order valence-electron chi connectivity index (χ3n) is 3.54. The van der Waals surface area contributed by atoms with Crippen molar-refractivity contribution in [3.63, 3.8) is 0 Å². The van der Waals surface area contributed by atoms with Gasteiger partial charge in [-0.05, 0) is 24.6 Å². The van der Waals surface area contributed by atoms with Crippen molar-refractivity contribution in [3.8, 4) is 0 Å². The third kappa shape index (κ3) is 4.36. The van der Waals surface area contributed by atoms with Crippen LogP contribution in [0.25, 0.3) is 0 Å². The van der Waals surface area contributed by atoms with E-state index in [9.17, 15) is 4.39 Å². The first-order valence-corrected chi connectivity index (χ1v) is 7.45. The van der Waals surface area contributed by atoms with Crippen molar-refractivity contribution >= 4 is 0 Å². The van der Waals surface area contributed by atoms with E-state index in [1.54, 1.807) is 6.33 Å². The predicted molar refractivity (Wildman–Crippen MR) is 81.7 cm³/mol. The SMILES string of the molecule is CCn1ncnc1CC(CNC(C)C)c1ccc(F)cc1. The normalized spacial score (nSPS) is 12.8. The fourth-order valence-electron chi connectivity index (χ4n) is 2.35. The summed E-state index contributed by atoms with van der Waals surface area (Å²) in [5, 5.41) is 7.67. The molecule has 0 amide bonds. The van der Waals surface area contributed by atoms with Crippen LogP contribution >= 0.6 is 0 Å². The highest BCUT2D eigenvalue weighted by Gasteiger charge is 2.16. The summed E-state index contributed by atoms with van der Waals surface area (Å²) < 4.78 is 15.0. The van der Waals surface area contributed by atoms with Crippen LogP contribution in [0.5, 0.6) is 0 Å². The van der Waals surface area contributed by atoms with Crippen LogP contribution in [0, 0.1) is 5.82 Å². The Balaban J connectivity index is 2.17. The first kappa shape index (κ1) is 15.6. The first-order chi connectivity index (χ1) is 10.1. The van der Waals surface area contributed by atoms with E-state index in [4.69, 9.17) is 0 Å². The Morgan fingerprint density at radius 3 is 2.57 bits per heavy atom. The molecule has 1 aromatic carbocycles. The summed E-state index contributed by atoms with van der Waals surface area (Å²) in [5.41, 5.74) is 1.12. The highest BCUT2D eigenvalue weighted by molar-refractivity contribution is 5.22. The lowest BCUT2D eigenvalue weighted by Gasteiger charge is -2.19. The van der Waals surface area contributed by atoms with Crippen LogP contribution in [0.15, 0.2) is 30.6 Å². The van der Waals surface area contributed by atoms with Gasteiger partial charge in [-0.25, -0.2) is 9.37 Å². The molecule has 0 saturated carbocycles. The Labute approximate surface area is 125 Å². The van der Waals surface area contributed by atoms with Crippen molar-refractivity contribution in [2.24, 2.45) is 0 Å². The Morgan fingerprint density at radius 1 is 1.24 bits per heavy atom.